The summed E-state index contributed by atoms with van der Waals surface area (Å²) < 4.78 is 39.2. The molecule has 0 bridgehead atoms. The Morgan fingerprint density at radius 3 is 2.50 bits per heavy atom. The summed E-state index contributed by atoms with van der Waals surface area (Å²) in [5, 5.41) is 13.5. The maximum absolute atomic E-state index is 13.1. The number of nitrogens with zero attached hydrogens (tertiary/aromatic N) is 2. The standard InChI is InChI=1S/C14H18F3N3O2/c1-19(2)13(9-3-4-9)8-18-12-6-5-10(20(21)22)7-11(12)14(15,16)17/h5-7,9,13,18H,3-4,8H2,1-2H3. The molecule has 1 aromatic rings. The third kappa shape index (κ3) is 3.88. The zero-order chi connectivity index (χ0) is 16.5. The number of likely N-dealkylation sites (N-methyl/N-ethyl adjacent to an activating group) is 1. The van der Waals surface area contributed by atoms with Crippen molar-refractivity contribution in [1.82, 2.24) is 4.90 Å². The predicted molar refractivity (Wildman–Crippen MR) is 76.8 cm³/mol. The van der Waals surface area contributed by atoms with E-state index in [1.165, 1.54) is 0 Å². The Labute approximate surface area is 126 Å². The third-order valence-corrected chi connectivity index (χ3v) is 3.85. The Balaban J connectivity index is 2.20. The van der Waals surface area contributed by atoms with Crippen molar-refractivity contribution in [1.29, 1.82) is 0 Å². The predicted octanol–water partition coefficient (Wildman–Crippen LogP) is 3.37. The molecule has 0 spiro atoms. The van der Waals surface area contributed by atoms with Crippen molar-refractivity contribution in [3.63, 3.8) is 0 Å². The lowest BCUT2D eigenvalue weighted by atomic mass is 10.1. The van der Waals surface area contributed by atoms with Gasteiger partial charge in [-0.2, -0.15) is 13.2 Å². The molecule has 0 heterocycles. The van der Waals surface area contributed by atoms with Crippen LogP contribution < -0.4 is 5.32 Å². The van der Waals surface area contributed by atoms with Crippen molar-refractivity contribution >= 4 is 11.4 Å². The zero-order valence-corrected chi connectivity index (χ0v) is 12.4. The van der Waals surface area contributed by atoms with Gasteiger partial charge in [-0.25, -0.2) is 0 Å². The number of benzene rings is 1. The van der Waals surface area contributed by atoms with Crippen molar-refractivity contribution in [2.45, 2.75) is 25.1 Å². The number of anilines is 1. The van der Waals surface area contributed by atoms with Crippen LogP contribution in [0.25, 0.3) is 0 Å². The fourth-order valence-electron chi connectivity index (χ4n) is 2.50. The molecule has 0 amide bonds. The highest BCUT2D eigenvalue weighted by Gasteiger charge is 2.36. The van der Waals surface area contributed by atoms with E-state index in [-0.39, 0.29) is 11.7 Å². The minimum atomic E-state index is -4.64. The molecule has 2 rings (SSSR count). The van der Waals surface area contributed by atoms with Gasteiger partial charge in [-0.1, -0.05) is 0 Å². The van der Waals surface area contributed by atoms with Gasteiger partial charge < -0.3 is 10.2 Å². The van der Waals surface area contributed by atoms with E-state index in [1.54, 1.807) is 0 Å². The van der Waals surface area contributed by atoms with Gasteiger partial charge in [0, 0.05) is 30.4 Å². The second kappa shape index (κ2) is 6.12. The van der Waals surface area contributed by atoms with Gasteiger partial charge in [-0.3, -0.25) is 10.1 Å². The normalized spacial score (nSPS) is 16.6. The number of non-ortho nitro benzene ring substituents is 1. The fourth-order valence-corrected chi connectivity index (χ4v) is 2.50. The van der Waals surface area contributed by atoms with Gasteiger partial charge in [0.2, 0.25) is 0 Å². The number of nitro benzene ring substituents is 1. The minimum absolute atomic E-state index is 0.120. The van der Waals surface area contributed by atoms with E-state index in [4.69, 9.17) is 0 Å². The molecule has 5 nitrogen and oxygen atoms in total. The Morgan fingerprint density at radius 1 is 1.41 bits per heavy atom. The van der Waals surface area contributed by atoms with Crippen LogP contribution in [0.5, 0.6) is 0 Å². The molecule has 1 aromatic carbocycles. The van der Waals surface area contributed by atoms with E-state index in [9.17, 15) is 23.3 Å². The topological polar surface area (TPSA) is 58.4 Å². The number of nitro groups is 1. The lowest BCUT2D eigenvalue weighted by Gasteiger charge is -2.25. The van der Waals surface area contributed by atoms with E-state index >= 15 is 0 Å². The van der Waals surface area contributed by atoms with Crippen LogP contribution in [0.4, 0.5) is 24.5 Å². The second-order valence-electron chi connectivity index (χ2n) is 5.73. The summed E-state index contributed by atoms with van der Waals surface area (Å²) in [6.45, 7) is 0.374. The first-order valence-corrected chi connectivity index (χ1v) is 6.96. The van der Waals surface area contributed by atoms with Crippen molar-refractivity contribution in [2.24, 2.45) is 5.92 Å². The molecule has 1 atom stereocenters. The van der Waals surface area contributed by atoms with Gasteiger partial charge in [-0.15, -0.1) is 0 Å². The van der Waals surface area contributed by atoms with E-state index in [0.29, 0.717) is 18.5 Å². The molecule has 0 aliphatic heterocycles. The Hall–Kier alpha value is -1.83. The number of hydrogen-bond acceptors (Lipinski definition) is 4. The van der Waals surface area contributed by atoms with E-state index < -0.39 is 22.4 Å². The van der Waals surface area contributed by atoms with Gasteiger partial charge in [0.15, 0.2) is 0 Å². The Morgan fingerprint density at radius 2 is 2.05 bits per heavy atom. The number of rotatable bonds is 6. The van der Waals surface area contributed by atoms with Crippen LogP contribution >= 0.6 is 0 Å². The number of nitrogens with one attached hydrogen (secondary N) is 1. The zero-order valence-electron chi connectivity index (χ0n) is 12.4. The molecular weight excluding hydrogens is 299 g/mol. The average molecular weight is 317 g/mol. The fraction of sp³-hybridized carbons (Fsp3) is 0.571. The van der Waals surface area contributed by atoms with E-state index in [2.05, 4.69) is 5.32 Å². The maximum Gasteiger partial charge on any atom is 0.418 e. The molecule has 1 aliphatic rings. The SMILES string of the molecule is CN(C)C(CNc1ccc([N+](=O)[O-])cc1C(F)(F)F)C1CC1. The molecule has 0 saturated heterocycles. The monoisotopic (exact) mass is 317 g/mol. The molecule has 1 N–H and O–H groups in total. The van der Waals surface area contributed by atoms with E-state index in [1.807, 2.05) is 19.0 Å². The smallest absolute Gasteiger partial charge is 0.383 e. The van der Waals surface area contributed by atoms with Crippen LogP contribution in [0.3, 0.4) is 0 Å². The van der Waals surface area contributed by atoms with Gasteiger partial charge in [0.05, 0.1) is 10.5 Å². The molecule has 1 saturated carbocycles. The Kier molecular flexibility index (Phi) is 4.60. The quantitative estimate of drug-likeness (QED) is 0.645. The average Bonchev–Trinajstić information content (AvgIpc) is 3.22. The summed E-state index contributed by atoms with van der Waals surface area (Å²) in [6.07, 6.45) is -2.48. The Bertz CT molecular complexity index is 555. The van der Waals surface area contributed by atoms with Gasteiger partial charge >= 0.3 is 6.18 Å². The maximum atomic E-state index is 13.1. The molecule has 1 aliphatic carbocycles. The van der Waals surface area contributed by atoms with Gasteiger partial charge in [-0.05, 0) is 38.9 Å². The molecule has 1 unspecified atom stereocenters. The summed E-state index contributed by atoms with van der Waals surface area (Å²) >= 11 is 0. The number of alkyl halides is 3. The molecule has 122 valence electrons. The summed E-state index contributed by atoms with van der Waals surface area (Å²) in [5.41, 5.74) is -1.69. The minimum Gasteiger partial charge on any atom is -0.383 e. The second-order valence-corrected chi connectivity index (χ2v) is 5.73. The highest BCUT2D eigenvalue weighted by atomic mass is 19.4. The van der Waals surface area contributed by atoms with Crippen LogP contribution in [0.15, 0.2) is 18.2 Å². The van der Waals surface area contributed by atoms with Crippen molar-refractivity contribution in [3.05, 3.63) is 33.9 Å². The van der Waals surface area contributed by atoms with Crippen molar-refractivity contribution < 1.29 is 18.1 Å². The molecular formula is C14H18F3N3O2. The first kappa shape index (κ1) is 16.5. The summed E-state index contributed by atoms with van der Waals surface area (Å²) in [4.78, 5) is 11.8. The molecule has 0 radical (unpaired) electrons. The summed E-state index contributed by atoms with van der Waals surface area (Å²) in [7, 11) is 3.79. The molecule has 0 aromatic heterocycles. The number of hydrogen-bond donors (Lipinski definition) is 1. The van der Waals surface area contributed by atoms with Crippen LogP contribution in [-0.4, -0.2) is 36.5 Å². The van der Waals surface area contributed by atoms with Crippen LogP contribution in [0, 0.1) is 16.0 Å². The molecule has 22 heavy (non-hydrogen) atoms. The number of halogens is 3. The largest absolute Gasteiger partial charge is 0.418 e. The first-order valence-electron chi connectivity index (χ1n) is 6.96. The highest BCUT2D eigenvalue weighted by molar-refractivity contribution is 5.57. The first-order chi connectivity index (χ1) is 10.2. The highest BCUT2D eigenvalue weighted by Crippen LogP contribution is 2.38. The van der Waals surface area contributed by atoms with Crippen molar-refractivity contribution in [3.8, 4) is 0 Å². The summed E-state index contributed by atoms with van der Waals surface area (Å²) in [5.74, 6) is 0.495. The lowest BCUT2D eigenvalue weighted by molar-refractivity contribution is -0.385. The van der Waals surface area contributed by atoms with Crippen LogP contribution in [0.1, 0.15) is 18.4 Å². The lowest BCUT2D eigenvalue weighted by Crippen LogP contribution is -2.36. The van der Waals surface area contributed by atoms with Crippen LogP contribution in [0.2, 0.25) is 0 Å². The molecule has 8 heteroatoms. The van der Waals surface area contributed by atoms with Crippen molar-refractivity contribution in [2.75, 3.05) is 26.0 Å². The van der Waals surface area contributed by atoms with Crippen LogP contribution in [-0.2, 0) is 6.18 Å². The third-order valence-electron chi connectivity index (χ3n) is 3.85. The summed E-state index contributed by atoms with van der Waals surface area (Å²) in [6, 6.07) is 2.93. The molecule has 1 fully saturated rings. The van der Waals surface area contributed by atoms with E-state index in [0.717, 1.165) is 25.0 Å². The van der Waals surface area contributed by atoms with Gasteiger partial charge in [0.25, 0.3) is 5.69 Å². The van der Waals surface area contributed by atoms with Gasteiger partial charge in [0.1, 0.15) is 0 Å².